The van der Waals surface area contributed by atoms with Gasteiger partial charge in [0.1, 0.15) is 11.5 Å². The Bertz CT molecular complexity index is 972. The van der Waals surface area contributed by atoms with E-state index >= 15 is 0 Å². The first kappa shape index (κ1) is 21.4. The van der Waals surface area contributed by atoms with Gasteiger partial charge in [-0.1, -0.05) is 36.4 Å². The van der Waals surface area contributed by atoms with Gasteiger partial charge in [0.05, 0.1) is 7.11 Å². The number of hydrogen-bond acceptors (Lipinski definition) is 4. The summed E-state index contributed by atoms with van der Waals surface area (Å²) in [6.45, 7) is -2.70. The van der Waals surface area contributed by atoms with Gasteiger partial charge >= 0.3 is 6.61 Å². The minimum absolute atomic E-state index is 0.0603. The van der Waals surface area contributed by atoms with E-state index in [1.165, 1.54) is 18.1 Å². The molecule has 5 nitrogen and oxygen atoms in total. The van der Waals surface area contributed by atoms with Crippen molar-refractivity contribution in [3.63, 3.8) is 0 Å². The van der Waals surface area contributed by atoms with Crippen molar-refractivity contribution in [3.05, 3.63) is 72.0 Å². The molecule has 1 heterocycles. The molecular formula is C23H23F2NO4. The van der Waals surface area contributed by atoms with Gasteiger partial charge in [0.2, 0.25) is 5.91 Å². The van der Waals surface area contributed by atoms with Crippen molar-refractivity contribution in [2.45, 2.75) is 26.0 Å². The average Bonchev–Trinajstić information content (AvgIpc) is 3.21. The number of benzene rings is 2. The molecule has 3 aromatic rings. The van der Waals surface area contributed by atoms with Gasteiger partial charge in [-0.3, -0.25) is 4.79 Å². The van der Waals surface area contributed by atoms with Gasteiger partial charge in [-0.2, -0.15) is 8.78 Å². The molecule has 3 rings (SSSR count). The number of alkyl halides is 2. The largest absolute Gasteiger partial charge is 0.493 e. The molecule has 0 spiro atoms. The predicted octanol–water partition coefficient (Wildman–Crippen LogP) is 5.15. The molecule has 30 heavy (non-hydrogen) atoms. The van der Waals surface area contributed by atoms with Gasteiger partial charge in [-0.15, -0.1) is 0 Å². The maximum atomic E-state index is 12.6. The Hall–Kier alpha value is -3.35. The number of ether oxygens (including phenoxy) is 2. The highest BCUT2D eigenvalue weighted by molar-refractivity contribution is 5.76. The SMILES string of the molecule is COc1ccc(CN(C)C(=O)CCc2ccc(-c3ccccc3)o2)cc1OC(F)F. The van der Waals surface area contributed by atoms with Crippen molar-refractivity contribution in [2.75, 3.05) is 14.2 Å². The van der Waals surface area contributed by atoms with Gasteiger partial charge < -0.3 is 18.8 Å². The topological polar surface area (TPSA) is 51.9 Å². The molecule has 0 radical (unpaired) electrons. The van der Waals surface area contributed by atoms with E-state index in [0.29, 0.717) is 12.0 Å². The van der Waals surface area contributed by atoms with Crippen LogP contribution in [0.2, 0.25) is 0 Å². The minimum atomic E-state index is -2.96. The first-order valence-electron chi connectivity index (χ1n) is 9.46. The molecule has 7 heteroatoms. The maximum absolute atomic E-state index is 12.6. The van der Waals surface area contributed by atoms with Crippen LogP contribution in [0.4, 0.5) is 8.78 Å². The third-order valence-corrected chi connectivity index (χ3v) is 4.59. The summed E-state index contributed by atoms with van der Waals surface area (Å²) in [7, 11) is 3.04. The molecule has 0 fully saturated rings. The highest BCUT2D eigenvalue weighted by Gasteiger charge is 2.15. The molecule has 0 saturated carbocycles. The highest BCUT2D eigenvalue weighted by Crippen LogP contribution is 2.30. The van der Waals surface area contributed by atoms with Gasteiger partial charge in [-0.05, 0) is 29.8 Å². The van der Waals surface area contributed by atoms with Crippen LogP contribution >= 0.6 is 0 Å². The zero-order valence-corrected chi connectivity index (χ0v) is 16.8. The number of furan rings is 1. The minimum Gasteiger partial charge on any atom is -0.493 e. The second kappa shape index (κ2) is 9.91. The number of methoxy groups -OCH3 is 1. The van der Waals surface area contributed by atoms with Crippen molar-refractivity contribution < 1.29 is 27.5 Å². The van der Waals surface area contributed by atoms with E-state index in [1.54, 1.807) is 19.2 Å². The number of rotatable bonds is 9. The third-order valence-electron chi connectivity index (χ3n) is 4.59. The summed E-state index contributed by atoms with van der Waals surface area (Å²) < 4.78 is 40.5. The fourth-order valence-electron chi connectivity index (χ4n) is 3.06. The zero-order chi connectivity index (χ0) is 21.5. The summed E-state index contributed by atoms with van der Waals surface area (Å²) in [4.78, 5) is 14.0. The Morgan fingerprint density at radius 2 is 1.83 bits per heavy atom. The van der Waals surface area contributed by atoms with Crippen LogP contribution in [0.25, 0.3) is 11.3 Å². The number of amides is 1. The van der Waals surface area contributed by atoms with Gasteiger partial charge in [-0.25, -0.2) is 0 Å². The van der Waals surface area contributed by atoms with Crippen LogP contribution in [0.3, 0.4) is 0 Å². The van der Waals surface area contributed by atoms with Crippen LogP contribution in [0, 0.1) is 0 Å². The predicted molar refractivity (Wildman–Crippen MR) is 109 cm³/mol. The van der Waals surface area contributed by atoms with Crippen molar-refractivity contribution >= 4 is 5.91 Å². The van der Waals surface area contributed by atoms with E-state index < -0.39 is 6.61 Å². The summed E-state index contributed by atoms with van der Waals surface area (Å²) >= 11 is 0. The van der Waals surface area contributed by atoms with Crippen molar-refractivity contribution in [2.24, 2.45) is 0 Å². The van der Waals surface area contributed by atoms with Crippen LogP contribution in [0.15, 0.2) is 65.1 Å². The molecule has 0 saturated heterocycles. The van der Waals surface area contributed by atoms with Gasteiger partial charge in [0.15, 0.2) is 11.5 Å². The number of hydrogen-bond donors (Lipinski definition) is 0. The molecule has 0 bridgehead atoms. The Balaban J connectivity index is 1.57. The van der Waals surface area contributed by atoms with Crippen LogP contribution in [-0.4, -0.2) is 31.6 Å². The molecule has 0 unspecified atom stereocenters. The van der Waals surface area contributed by atoms with E-state index in [-0.39, 0.29) is 30.4 Å². The van der Waals surface area contributed by atoms with E-state index in [1.807, 2.05) is 42.5 Å². The number of carbonyl (C=O) groups excluding carboxylic acids is 1. The average molecular weight is 415 g/mol. The van der Waals surface area contributed by atoms with Crippen LogP contribution < -0.4 is 9.47 Å². The van der Waals surface area contributed by atoms with Gasteiger partial charge in [0, 0.05) is 32.0 Å². The molecule has 0 aliphatic heterocycles. The molecule has 0 aliphatic carbocycles. The number of carbonyl (C=O) groups is 1. The molecular weight excluding hydrogens is 392 g/mol. The first-order valence-corrected chi connectivity index (χ1v) is 9.46. The molecule has 1 amide bonds. The Morgan fingerprint density at radius 3 is 2.53 bits per heavy atom. The summed E-state index contributed by atoms with van der Waals surface area (Å²) in [5.41, 5.74) is 1.64. The Labute approximate surface area is 173 Å². The maximum Gasteiger partial charge on any atom is 0.387 e. The Morgan fingerprint density at radius 1 is 1.07 bits per heavy atom. The normalized spacial score (nSPS) is 10.8. The molecule has 0 N–H and O–H groups in total. The van der Waals surface area contributed by atoms with Gasteiger partial charge in [0.25, 0.3) is 0 Å². The molecule has 0 aliphatic rings. The van der Waals surface area contributed by atoms with Crippen molar-refractivity contribution in [1.29, 1.82) is 0 Å². The molecule has 2 aromatic carbocycles. The number of aryl methyl sites for hydroxylation is 1. The van der Waals surface area contributed by atoms with Crippen molar-refractivity contribution in [3.8, 4) is 22.8 Å². The van der Waals surface area contributed by atoms with E-state index in [9.17, 15) is 13.6 Å². The lowest BCUT2D eigenvalue weighted by molar-refractivity contribution is -0.130. The zero-order valence-electron chi connectivity index (χ0n) is 16.8. The fourth-order valence-corrected chi connectivity index (χ4v) is 3.06. The Kier molecular flexibility index (Phi) is 7.06. The van der Waals surface area contributed by atoms with Crippen LogP contribution in [0.1, 0.15) is 17.7 Å². The first-order chi connectivity index (χ1) is 14.5. The smallest absolute Gasteiger partial charge is 0.387 e. The number of nitrogens with zero attached hydrogens (tertiary/aromatic N) is 1. The molecule has 0 atom stereocenters. The summed E-state index contributed by atoms with van der Waals surface area (Å²) in [5.74, 6) is 1.55. The van der Waals surface area contributed by atoms with Crippen LogP contribution in [0.5, 0.6) is 11.5 Å². The fraction of sp³-hybridized carbons (Fsp3) is 0.261. The summed E-state index contributed by atoms with van der Waals surface area (Å²) in [6.07, 6.45) is 0.743. The lowest BCUT2D eigenvalue weighted by Gasteiger charge is -2.18. The van der Waals surface area contributed by atoms with E-state index in [0.717, 1.165) is 17.1 Å². The standard InChI is InChI=1S/C23H23F2NO4/c1-26(15-16-8-11-20(28-2)21(14-16)30-23(24)25)22(27)13-10-18-9-12-19(29-18)17-6-4-3-5-7-17/h3-9,11-12,14,23H,10,13,15H2,1-2H3. The quantitative estimate of drug-likeness (QED) is 0.485. The van der Waals surface area contributed by atoms with E-state index in [2.05, 4.69) is 4.74 Å². The third kappa shape index (κ3) is 5.59. The second-order valence-electron chi connectivity index (χ2n) is 6.75. The molecule has 158 valence electrons. The molecule has 1 aromatic heterocycles. The van der Waals surface area contributed by atoms with E-state index in [4.69, 9.17) is 9.15 Å². The summed E-state index contributed by atoms with van der Waals surface area (Å²) in [5, 5.41) is 0. The monoisotopic (exact) mass is 415 g/mol. The van der Waals surface area contributed by atoms with Crippen molar-refractivity contribution in [1.82, 2.24) is 4.90 Å². The lowest BCUT2D eigenvalue weighted by Crippen LogP contribution is -2.26. The summed E-state index contributed by atoms with van der Waals surface area (Å²) in [6, 6.07) is 18.2. The second-order valence-corrected chi connectivity index (χ2v) is 6.75. The highest BCUT2D eigenvalue weighted by atomic mass is 19.3. The lowest BCUT2D eigenvalue weighted by atomic mass is 10.1. The number of halogens is 2. The van der Waals surface area contributed by atoms with Crippen LogP contribution in [-0.2, 0) is 17.8 Å².